The zero-order valence-electron chi connectivity index (χ0n) is 25.3. The molecule has 8 N–H and O–H groups in total. The van der Waals surface area contributed by atoms with Gasteiger partial charge in [0.1, 0.15) is 0 Å². The summed E-state index contributed by atoms with van der Waals surface area (Å²) in [6.07, 6.45) is 25.6. The van der Waals surface area contributed by atoms with E-state index in [1.807, 2.05) is 0 Å². The predicted octanol–water partition coefficient (Wildman–Crippen LogP) is 3.25. The van der Waals surface area contributed by atoms with E-state index < -0.39 is 0 Å². The summed E-state index contributed by atoms with van der Waals surface area (Å²) in [7, 11) is 3.83. The Morgan fingerprint density at radius 1 is 0.262 bits per heavy atom. The average Bonchev–Trinajstić information content (AvgIpc) is 3.78. The van der Waals surface area contributed by atoms with Gasteiger partial charge in [-0.05, 0) is 98.7 Å². The van der Waals surface area contributed by atoms with Gasteiger partial charge < -0.3 is 0 Å². The quantitative estimate of drug-likeness (QED) is 0.190. The molecule has 5 saturated heterocycles. The van der Waals surface area contributed by atoms with E-state index in [-0.39, 0.29) is 0 Å². The van der Waals surface area contributed by atoms with Crippen molar-refractivity contribution in [2.75, 3.05) is 0 Å². The average molecular weight is 641 g/mol. The second-order valence-corrected chi connectivity index (χ2v) is 15.6. The molecule has 4 aliphatic carbocycles. The van der Waals surface area contributed by atoms with Crippen LogP contribution in [0.3, 0.4) is 0 Å². The van der Waals surface area contributed by atoms with Gasteiger partial charge in [0.25, 0.3) is 0 Å². The molecule has 42 heavy (non-hydrogen) atoms. The molecule has 0 aromatic carbocycles. The van der Waals surface area contributed by atoms with E-state index in [0.29, 0.717) is 49.3 Å². The molecule has 9 aliphatic rings. The molecule has 4 saturated carbocycles. The van der Waals surface area contributed by atoms with E-state index in [0.717, 1.165) is 47.3 Å². The summed E-state index contributed by atoms with van der Waals surface area (Å²) in [6, 6.07) is 0. The third-order valence-electron chi connectivity index (χ3n) is 13.8. The van der Waals surface area contributed by atoms with Gasteiger partial charge >= 0.3 is 24.9 Å². The molecular formula is C32H56FeN8S. The number of hydrogen-bond donors (Lipinski definition) is 8. The second kappa shape index (κ2) is 12.9. The molecule has 238 valence electrons. The summed E-state index contributed by atoms with van der Waals surface area (Å²) in [5, 5.41) is 33.8. The molecule has 5 aliphatic heterocycles. The molecule has 0 aromatic heterocycles. The van der Waals surface area contributed by atoms with Crippen LogP contribution < -0.4 is 42.5 Å². The molecule has 0 spiro atoms. The van der Waals surface area contributed by atoms with Gasteiger partial charge in [-0.3, -0.25) is 42.5 Å². The Labute approximate surface area is 266 Å². The van der Waals surface area contributed by atoms with Crippen molar-refractivity contribution < 1.29 is 14.4 Å². The first-order valence-electron chi connectivity index (χ1n) is 18.0. The molecule has 5 heterocycles. The predicted molar refractivity (Wildman–Crippen MR) is 165 cm³/mol. The first-order valence-corrected chi connectivity index (χ1v) is 19.7. The van der Waals surface area contributed by atoms with Crippen LogP contribution in [0.25, 0.3) is 0 Å². The van der Waals surface area contributed by atoms with Crippen molar-refractivity contribution in [1.82, 2.24) is 42.5 Å². The fourth-order valence-corrected chi connectivity index (χ4v) is 12.0. The standard InChI is InChI=1S/C32H56N8.Fe.S/c1-2-10-18-17(9-1)25-33-26(18)38-28-21-13-5-6-14-22(21)30(35-28)40-32-24-16-8-7-15-23(24)31(36-32)39-29-20-12-4-3-11-19(20)27(34-29)37-25;;/h17-40H,1-16H2;;. The van der Waals surface area contributed by atoms with Crippen LogP contribution in [0, 0.1) is 47.3 Å². The van der Waals surface area contributed by atoms with E-state index in [2.05, 4.69) is 67.5 Å². The fourth-order valence-electron chi connectivity index (χ4n) is 12.0. The topological polar surface area (TPSA) is 96.2 Å². The van der Waals surface area contributed by atoms with Crippen LogP contribution in [0.1, 0.15) is 103 Å². The number of rotatable bonds is 0. The Bertz CT molecular complexity index is 738. The van der Waals surface area contributed by atoms with Gasteiger partial charge in [0.05, 0.1) is 49.3 Å². The normalized spacial score (nSPS) is 55.0. The maximum atomic E-state index is 4.26. The van der Waals surface area contributed by atoms with E-state index in [1.54, 1.807) is 0 Å². The molecule has 0 radical (unpaired) electrons. The van der Waals surface area contributed by atoms with Gasteiger partial charge in [-0.25, -0.2) is 0 Å². The Kier molecular flexibility index (Phi) is 9.15. The molecule has 9 fully saturated rings. The van der Waals surface area contributed by atoms with E-state index in [4.69, 9.17) is 0 Å². The molecular weight excluding hydrogens is 584 g/mol. The zero-order chi connectivity index (χ0) is 28.2. The first kappa shape index (κ1) is 29.8. The summed E-state index contributed by atoms with van der Waals surface area (Å²) in [6.45, 7) is 0. The van der Waals surface area contributed by atoms with Crippen molar-refractivity contribution in [3.63, 3.8) is 0 Å². The fraction of sp³-hybridized carbons (Fsp3) is 1.00. The number of fused-ring (bicyclic) bond motifs is 20. The van der Waals surface area contributed by atoms with E-state index >= 15 is 0 Å². The summed E-state index contributed by atoms with van der Waals surface area (Å²) >= 11 is 2.83. The van der Waals surface area contributed by atoms with Crippen molar-refractivity contribution in [3.8, 4) is 0 Å². The summed E-state index contributed by atoms with van der Waals surface area (Å²) in [5.41, 5.74) is 0. The van der Waals surface area contributed by atoms with Crippen LogP contribution in [0.5, 0.6) is 0 Å². The van der Waals surface area contributed by atoms with Gasteiger partial charge in [0, 0.05) is 0 Å². The van der Waals surface area contributed by atoms with Crippen LogP contribution in [-0.4, -0.2) is 49.3 Å². The van der Waals surface area contributed by atoms with Crippen molar-refractivity contribution >= 4 is 10.6 Å². The van der Waals surface area contributed by atoms with Gasteiger partial charge in [-0.1, -0.05) is 51.4 Å². The van der Waals surface area contributed by atoms with E-state index in [1.165, 1.54) is 103 Å². The van der Waals surface area contributed by atoms with Crippen LogP contribution in [0.2, 0.25) is 0 Å². The van der Waals surface area contributed by atoms with Gasteiger partial charge in [0.15, 0.2) is 0 Å². The van der Waals surface area contributed by atoms with Crippen LogP contribution in [0.4, 0.5) is 0 Å². The van der Waals surface area contributed by atoms with E-state index in [9.17, 15) is 0 Å². The van der Waals surface area contributed by atoms with Crippen LogP contribution in [-0.2, 0) is 14.4 Å². The monoisotopic (exact) mass is 640 g/mol. The maximum absolute atomic E-state index is 4.26. The third kappa shape index (κ3) is 5.34. The Balaban J connectivity index is 0.00000131. The molecule has 8 bridgehead atoms. The molecule has 8 unspecified atom stereocenters. The minimum atomic E-state index is 0.420. The van der Waals surface area contributed by atoms with Crippen LogP contribution >= 0.6 is 10.6 Å². The van der Waals surface area contributed by atoms with Crippen molar-refractivity contribution in [2.45, 2.75) is 152 Å². The van der Waals surface area contributed by atoms with Crippen molar-refractivity contribution in [1.29, 1.82) is 0 Å². The van der Waals surface area contributed by atoms with Crippen LogP contribution in [0.15, 0.2) is 0 Å². The summed E-state index contributed by atoms with van der Waals surface area (Å²) in [4.78, 5) is 0. The molecule has 0 amide bonds. The Morgan fingerprint density at radius 3 is 0.500 bits per heavy atom. The zero-order valence-corrected chi connectivity index (χ0v) is 27.2. The Morgan fingerprint density at radius 2 is 0.381 bits per heavy atom. The summed E-state index contributed by atoms with van der Waals surface area (Å²) < 4.78 is 0. The van der Waals surface area contributed by atoms with Crippen molar-refractivity contribution in [2.24, 2.45) is 47.3 Å². The molecule has 8 atom stereocenters. The third-order valence-corrected chi connectivity index (χ3v) is 13.8. The molecule has 0 aromatic rings. The Hall–Kier alpha value is 0.419. The van der Waals surface area contributed by atoms with Crippen molar-refractivity contribution in [3.05, 3.63) is 0 Å². The SMILES string of the molecule is C1CCC2C3NC(NC4NC(NC5NC(NC6NC(N3)C3CCCCC63)C3CCCCC53)C3CCCCC43)C2C1.[S]=[Fe]. The molecule has 10 heteroatoms. The number of nitrogens with one attached hydrogen (secondary N) is 8. The van der Waals surface area contributed by atoms with Gasteiger partial charge in [-0.15, -0.1) is 0 Å². The minimum absolute atomic E-state index is 0.420. The first-order chi connectivity index (χ1) is 20.8. The number of hydrogen-bond acceptors (Lipinski definition) is 9. The summed E-state index contributed by atoms with van der Waals surface area (Å²) in [5.74, 6) is 5.97. The van der Waals surface area contributed by atoms with Gasteiger partial charge in [0.2, 0.25) is 0 Å². The second-order valence-electron chi connectivity index (χ2n) is 15.6. The molecule has 9 rings (SSSR count). The molecule has 8 nitrogen and oxygen atoms in total. The van der Waals surface area contributed by atoms with Gasteiger partial charge in [-0.2, -0.15) is 0 Å².